The summed E-state index contributed by atoms with van der Waals surface area (Å²) in [7, 11) is 0. The summed E-state index contributed by atoms with van der Waals surface area (Å²) in [6.07, 6.45) is 1.61. The maximum atomic E-state index is 12.7. The number of Topliss-reactive ketones (excluding diaryl/α,β-unsaturated/α-hetero) is 1. The number of rotatable bonds is 9. The van der Waals surface area contributed by atoms with Gasteiger partial charge in [-0.1, -0.05) is 41.9 Å². The lowest BCUT2D eigenvalue weighted by Crippen LogP contribution is -2.15. The average molecular weight is 481 g/mol. The summed E-state index contributed by atoms with van der Waals surface area (Å²) in [6.45, 7) is 4.18. The monoisotopic (exact) mass is 480 g/mol. The van der Waals surface area contributed by atoms with Crippen molar-refractivity contribution in [2.75, 3.05) is 6.61 Å². The van der Waals surface area contributed by atoms with Crippen LogP contribution in [0.1, 0.15) is 45.2 Å². The van der Waals surface area contributed by atoms with Gasteiger partial charge in [0.25, 0.3) is 0 Å². The van der Waals surface area contributed by atoms with Gasteiger partial charge in [0.1, 0.15) is 0 Å². The Labute approximate surface area is 202 Å². The molecule has 0 N–H and O–H groups in total. The molecule has 4 aromatic rings. The van der Waals surface area contributed by atoms with Gasteiger partial charge in [0.15, 0.2) is 6.61 Å². The van der Waals surface area contributed by atoms with Crippen LogP contribution in [-0.2, 0) is 22.5 Å². The first-order valence-corrected chi connectivity index (χ1v) is 12.0. The highest BCUT2D eigenvalue weighted by Gasteiger charge is 2.18. The number of hydrogen-bond donors (Lipinski definition) is 0. The van der Waals surface area contributed by atoms with Crippen molar-refractivity contribution in [2.24, 2.45) is 0 Å². The van der Waals surface area contributed by atoms with Crippen molar-refractivity contribution in [3.8, 4) is 0 Å². The number of aryl methyl sites for hydroxylation is 2. The molecule has 0 radical (unpaired) electrons. The molecule has 5 nitrogen and oxygen atoms in total. The molecule has 33 heavy (non-hydrogen) atoms. The van der Waals surface area contributed by atoms with Gasteiger partial charge in [-0.25, -0.2) is 4.98 Å². The van der Waals surface area contributed by atoms with Gasteiger partial charge < -0.3 is 9.30 Å². The Balaban J connectivity index is 1.29. The van der Waals surface area contributed by atoms with E-state index >= 15 is 0 Å². The van der Waals surface area contributed by atoms with Crippen molar-refractivity contribution in [1.29, 1.82) is 0 Å². The van der Waals surface area contributed by atoms with Crippen LogP contribution in [-0.4, -0.2) is 27.9 Å². The maximum absolute atomic E-state index is 12.7. The fourth-order valence-corrected chi connectivity index (χ4v) is 5.04. The second-order valence-corrected chi connectivity index (χ2v) is 9.50. The van der Waals surface area contributed by atoms with Gasteiger partial charge in [-0.05, 0) is 56.5 Å². The van der Waals surface area contributed by atoms with E-state index in [1.54, 1.807) is 11.3 Å². The van der Waals surface area contributed by atoms with Crippen molar-refractivity contribution < 1.29 is 14.3 Å². The summed E-state index contributed by atoms with van der Waals surface area (Å²) in [5.41, 5.74) is 4.33. The number of thiazole rings is 1. The number of benzene rings is 2. The van der Waals surface area contributed by atoms with Crippen LogP contribution in [0.4, 0.5) is 0 Å². The van der Waals surface area contributed by atoms with E-state index < -0.39 is 0 Å². The Kier molecular flexibility index (Phi) is 7.26. The lowest BCUT2D eigenvalue weighted by Gasteiger charge is -2.11. The van der Waals surface area contributed by atoms with Gasteiger partial charge in [-0.15, -0.1) is 11.3 Å². The minimum Gasteiger partial charge on any atom is -0.457 e. The molecule has 4 rings (SSSR count). The van der Waals surface area contributed by atoms with Gasteiger partial charge in [-0.2, -0.15) is 0 Å². The first-order valence-electron chi connectivity index (χ1n) is 10.9. The van der Waals surface area contributed by atoms with Crippen LogP contribution in [0.5, 0.6) is 0 Å². The molecule has 0 aliphatic heterocycles. The third kappa shape index (κ3) is 5.52. The molecule has 0 saturated heterocycles. The number of carbonyl (C=O) groups is 2. The molecule has 0 amide bonds. The zero-order valence-electron chi connectivity index (χ0n) is 18.6. The second kappa shape index (κ2) is 10.3. The normalized spacial score (nSPS) is 11.1. The minimum atomic E-state index is -0.366. The molecule has 2 aromatic carbocycles. The quantitative estimate of drug-likeness (QED) is 0.212. The van der Waals surface area contributed by atoms with Crippen molar-refractivity contribution >= 4 is 44.9 Å². The molecule has 170 valence electrons. The standard InChI is InChI=1S/C26H25ClN2O3S/c1-17-14-20(18(2)29(17)15-19-8-3-4-9-21(19)27)23(30)16-32-26(31)13-7-12-25-28-22-10-5-6-11-24(22)33-25/h3-6,8-11,14H,7,12-13,15-16H2,1-2H3. The molecular formula is C26H25ClN2O3S. The maximum Gasteiger partial charge on any atom is 0.306 e. The Hall–Kier alpha value is -2.96. The molecule has 2 heterocycles. The first kappa shape index (κ1) is 23.2. The number of nitrogens with zero attached hydrogens (tertiary/aromatic N) is 2. The van der Waals surface area contributed by atoms with Crippen LogP contribution in [0.2, 0.25) is 5.02 Å². The van der Waals surface area contributed by atoms with E-state index in [-0.39, 0.29) is 24.8 Å². The van der Waals surface area contributed by atoms with E-state index in [4.69, 9.17) is 16.3 Å². The topological polar surface area (TPSA) is 61.2 Å². The van der Waals surface area contributed by atoms with E-state index in [2.05, 4.69) is 4.98 Å². The van der Waals surface area contributed by atoms with Crippen molar-refractivity contribution in [1.82, 2.24) is 9.55 Å². The predicted octanol–water partition coefficient (Wildman–Crippen LogP) is 6.17. The largest absolute Gasteiger partial charge is 0.457 e. The third-order valence-corrected chi connectivity index (χ3v) is 7.10. The predicted molar refractivity (Wildman–Crippen MR) is 132 cm³/mol. The van der Waals surface area contributed by atoms with Crippen molar-refractivity contribution in [2.45, 2.75) is 39.7 Å². The number of halogens is 1. The molecule has 2 aromatic heterocycles. The third-order valence-electron chi connectivity index (χ3n) is 5.63. The van der Waals surface area contributed by atoms with E-state index in [0.29, 0.717) is 30.0 Å². The SMILES string of the molecule is Cc1cc(C(=O)COC(=O)CCCc2nc3ccccc3s2)c(C)n1Cc1ccccc1Cl. The van der Waals surface area contributed by atoms with E-state index in [1.165, 1.54) is 0 Å². The summed E-state index contributed by atoms with van der Waals surface area (Å²) in [6, 6.07) is 17.5. The fraction of sp³-hybridized carbons (Fsp3) is 0.269. The summed E-state index contributed by atoms with van der Waals surface area (Å²) in [4.78, 5) is 29.5. The lowest BCUT2D eigenvalue weighted by molar-refractivity contribution is -0.142. The second-order valence-electron chi connectivity index (χ2n) is 7.98. The summed E-state index contributed by atoms with van der Waals surface area (Å²) in [5.74, 6) is -0.567. The van der Waals surface area contributed by atoms with E-state index in [0.717, 1.165) is 32.2 Å². The van der Waals surface area contributed by atoms with Gasteiger partial charge in [0.05, 0.1) is 15.2 Å². The molecule has 0 atom stereocenters. The molecule has 0 aliphatic rings. The van der Waals surface area contributed by atoms with Gasteiger partial charge in [-0.3, -0.25) is 9.59 Å². The minimum absolute atomic E-state index is 0.201. The molecule has 0 spiro atoms. The molecule has 0 unspecified atom stereocenters. The van der Waals surface area contributed by atoms with E-state index in [1.807, 2.05) is 73.0 Å². The smallest absolute Gasteiger partial charge is 0.306 e. The molecular weight excluding hydrogens is 456 g/mol. The number of ketones is 1. The highest BCUT2D eigenvalue weighted by Crippen LogP contribution is 2.23. The zero-order valence-corrected chi connectivity index (χ0v) is 20.2. The van der Waals surface area contributed by atoms with E-state index in [9.17, 15) is 9.59 Å². The Morgan fingerprint density at radius 1 is 1.09 bits per heavy atom. The van der Waals surface area contributed by atoms with Crippen LogP contribution < -0.4 is 0 Å². The molecule has 7 heteroatoms. The summed E-state index contributed by atoms with van der Waals surface area (Å²) < 4.78 is 8.46. The molecule has 0 bridgehead atoms. The van der Waals surface area contributed by atoms with Gasteiger partial charge in [0.2, 0.25) is 5.78 Å². The van der Waals surface area contributed by atoms with Crippen LogP contribution in [0, 0.1) is 13.8 Å². The highest BCUT2D eigenvalue weighted by atomic mass is 35.5. The summed E-state index contributed by atoms with van der Waals surface area (Å²) in [5, 5.41) is 1.70. The number of para-hydroxylation sites is 1. The molecule has 0 fully saturated rings. The average Bonchev–Trinajstić information content (AvgIpc) is 3.34. The van der Waals surface area contributed by atoms with Crippen LogP contribution in [0.25, 0.3) is 10.2 Å². The highest BCUT2D eigenvalue weighted by molar-refractivity contribution is 7.18. The number of aromatic nitrogens is 2. The number of fused-ring (bicyclic) bond motifs is 1. The molecule has 0 saturated carbocycles. The zero-order chi connectivity index (χ0) is 23.4. The molecule has 0 aliphatic carbocycles. The van der Waals surface area contributed by atoms with Crippen LogP contribution in [0.15, 0.2) is 54.6 Å². The number of ether oxygens (including phenoxy) is 1. The Bertz CT molecular complexity index is 1280. The number of esters is 1. The van der Waals surface area contributed by atoms with Gasteiger partial charge >= 0.3 is 5.97 Å². The first-order chi connectivity index (χ1) is 15.9. The van der Waals surface area contributed by atoms with Crippen LogP contribution in [0.3, 0.4) is 0 Å². The lowest BCUT2D eigenvalue weighted by atomic mass is 10.1. The number of carbonyl (C=O) groups excluding carboxylic acids is 2. The van der Waals surface area contributed by atoms with Crippen molar-refractivity contribution in [3.63, 3.8) is 0 Å². The fourth-order valence-electron chi connectivity index (χ4n) is 3.83. The Morgan fingerprint density at radius 2 is 1.85 bits per heavy atom. The van der Waals surface area contributed by atoms with Crippen LogP contribution >= 0.6 is 22.9 Å². The Morgan fingerprint density at radius 3 is 2.64 bits per heavy atom. The number of hydrogen-bond acceptors (Lipinski definition) is 5. The van der Waals surface area contributed by atoms with Crippen molar-refractivity contribution in [3.05, 3.63) is 87.1 Å². The summed E-state index contributed by atoms with van der Waals surface area (Å²) >= 11 is 7.94. The van der Waals surface area contributed by atoms with Gasteiger partial charge in [0, 0.05) is 34.9 Å².